The van der Waals surface area contributed by atoms with Gasteiger partial charge in [-0.15, -0.1) is 0 Å². The maximum absolute atomic E-state index is 6.78. The molecule has 11 aromatic rings. The van der Waals surface area contributed by atoms with Gasteiger partial charge in [-0.25, -0.2) is 0 Å². The van der Waals surface area contributed by atoms with Crippen molar-refractivity contribution in [2.45, 2.75) is 0 Å². The molecule has 258 valence electrons. The smallest absolute Gasteiger partial charge is 0.143 e. The molecule has 3 nitrogen and oxygen atoms in total. The molecule has 0 spiro atoms. The number of nitrogens with zero attached hydrogens (tertiary/aromatic N) is 1. The van der Waals surface area contributed by atoms with Crippen LogP contribution in [-0.2, 0) is 0 Å². The average molecular weight is 704 g/mol. The molecule has 0 aliphatic heterocycles. The predicted molar refractivity (Wildman–Crippen MR) is 229 cm³/mol. The Morgan fingerprint density at radius 2 is 0.891 bits per heavy atom. The summed E-state index contributed by atoms with van der Waals surface area (Å²) >= 11 is 0. The molecule has 9 aromatic carbocycles. The van der Waals surface area contributed by atoms with Crippen LogP contribution in [0.1, 0.15) is 0 Å². The van der Waals surface area contributed by atoms with Gasteiger partial charge in [0.05, 0.1) is 11.1 Å². The monoisotopic (exact) mass is 703 g/mol. The Balaban J connectivity index is 1.08. The summed E-state index contributed by atoms with van der Waals surface area (Å²) in [5, 5.41) is 6.72. The van der Waals surface area contributed by atoms with Crippen LogP contribution in [0, 0.1) is 0 Å². The second-order valence-corrected chi connectivity index (χ2v) is 14.1. The zero-order valence-electron chi connectivity index (χ0n) is 29.8. The van der Waals surface area contributed by atoms with Crippen LogP contribution in [0.2, 0.25) is 0 Å². The van der Waals surface area contributed by atoms with E-state index in [0.717, 1.165) is 88.6 Å². The fourth-order valence-corrected chi connectivity index (χ4v) is 8.29. The van der Waals surface area contributed by atoms with Crippen molar-refractivity contribution in [3.63, 3.8) is 0 Å². The van der Waals surface area contributed by atoms with Crippen molar-refractivity contribution in [2.24, 2.45) is 0 Å². The Morgan fingerprint density at radius 1 is 0.309 bits per heavy atom. The number of furan rings is 2. The van der Waals surface area contributed by atoms with E-state index in [1.54, 1.807) is 0 Å². The molecule has 2 aromatic heterocycles. The number of para-hydroxylation sites is 2. The Kier molecular flexibility index (Phi) is 7.17. The van der Waals surface area contributed by atoms with Crippen LogP contribution in [-0.4, -0.2) is 0 Å². The van der Waals surface area contributed by atoms with Crippen molar-refractivity contribution >= 4 is 71.7 Å². The summed E-state index contributed by atoms with van der Waals surface area (Å²) in [6.45, 7) is 0. The van der Waals surface area contributed by atoms with E-state index < -0.39 is 0 Å². The normalized spacial score (nSPS) is 11.6. The molecule has 2 heterocycles. The molecule has 0 atom stereocenters. The maximum atomic E-state index is 6.78. The quantitative estimate of drug-likeness (QED) is 0.173. The van der Waals surface area contributed by atoms with E-state index in [9.17, 15) is 0 Å². The molecule has 0 aliphatic carbocycles. The van der Waals surface area contributed by atoms with E-state index in [4.69, 9.17) is 8.83 Å². The van der Waals surface area contributed by atoms with Gasteiger partial charge < -0.3 is 13.7 Å². The number of benzene rings is 9. The SMILES string of the molecule is c1ccc(-c2cc3c(oc4cccc(N(c5ccccc5)c5cccc(-c6cccc(-c7ccc8oc9ccccc9c8c7)c6)c5)c43)c3ccccc23)cc1. The van der Waals surface area contributed by atoms with Gasteiger partial charge in [0.15, 0.2) is 0 Å². The van der Waals surface area contributed by atoms with Crippen molar-refractivity contribution in [2.75, 3.05) is 4.90 Å². The van der Waals surface area contributed by atoms with Crippen LogP contribution >= 0.6 is 0 Å². The molecule has 0 bridgehead atoms. The van der Waals surface area contributed by atoms with Gasteiger partial charge in [-0.3, -0.25) is 0 Å². The van der Waals surface area contributed by atoms with Crippen molar-refractivity contribution in [1.29, 1.82) is 0 Å². The number of hydrogen-bond acceptors (Lipinski definition) is 3. The minimum absolute atomic E-state index is 0.857. The molecule has 0 N–H and O–H groups in total. The van der Waals surface area contributed by atoms with Crippen LogP contribution in [0.5, 0.6) is 0 Å². The van der Waals surface area contributed by atoms with Gasteiger partial charge in [-0.1, -0.05) is 133 Å². The average Bonchev–Trinajstić information content (AvgIpc) is 3.83. The van der Waals surface area contributed by atoms with Gasteiger partial charge in [-0.2, -0.15) is 0 Å². The predicted octanol–water partition coefficient (Wildman–Crippen LogP) is 15.1. The summed E-state index contributed by atoms with van der Waals surface area (Å²) < 4.78 is 12.9. The molecule has 0 unspecified atom stereocenters. The van der Waals surface area contributed by atoms with Crippen molar-refractivity contribution in [3.8, 4) is 33.4 Å². The maximum Gasteiger partial charge on any atom is 0.143 e. The van der Waals surface area contributed by atoms with Crippen LogP contribution in [0.25, 0.3) is 88.0 Å². The summed E-state index contributed by atoms with van der Waals surface area (Å²) in [7, 11) is 0. The second kappa shape index (κ2) is 12.6. The standard InChI is InChI=1S/C52H33NO2/c1-3-14-34(15-4-1)44-33-46-51-47(25-13-27-50(51)55-52(46)43-24-8-7-22-41(43)44)53(39-19-5-2-6-20-39)40-21-12-18-37(31-40)35-16-11-17-36(30-35)38-28-29-49-45(32-38)42-23-9-10-26-48(42)54-49/h1-33H. The van der Waals surface area contributed by atoms with E-state index in [1.165, 1.54) is 16.5 Å². The molecular formula is C52H33NO2. The second-order valence-electron chi connectivity index (χ2n) is 14.1. The zero-order chi connectivity index (χ0) is 36.3. The first-order valence-electron chi connectivity index (χ1n) is 18.7. The van der Waals surface area contributed by atoms with Gasteiger partial charge in [0.2, 0.25) is 0 Å². The summed E-state index contributed by atoms with van der Waals surface area (Å²) in [6, 6.07) is 71.0. The lowest BCUT2D eigenvalue weighted by molar-refractivity contribution is 0.669. The van der Waals surface area contributed by atoms with Crippen LogP contribution < -0.4 is 4.90 Å². The lowest BCUT2D eigenvalue weighted by atomic mass is 9.95. The molecule has 11 rings (SSSR count). The highest BCUT2D eigenvalue weighted by Gasteiger charge is 2.22. The van der Waals surface area contributed by atoms with Crippen LogP contribution in [0.15, 0.2) is 209 Å². The number of hydrogen-bond donors (Lipinski definition) is 0. The van der Waals surface area contributed by atoms with Gasteiger partial charge in [0, 0.05) is 32.9 Å². The zero-order valence-corrected chi connectivity index (χ0v) is 29.8. The van der Waals surface area contributed by atoms with Gasteiger partial charge >= 0.3 is 0 Å². The first-order valence-corrected chi connectivity index (χ1v) is 18.7. The van der Waals surface area contributed by atoms with E-state index in [2.05, 4.69) is 193 Å². The molecule has 0 saturated heterocycles. The first-order chi connectivity index (χ1) is 27.3. The molecule has 0 amide bonds. The van der Waals surface area contributed by atoms with Crippen molar-refractivity contribution in [3.05, 3.63) is 200 Å². The number of rotatable bonds is 6. The third-order valence-electron chi connectivity index (χ3n) is 10.8. The Labute approximate surface area is 317 Å². The van der Waals surface area contributed by atoms with E-state index in [0.29, 0.717) is 0 Å². The summed E-state index contributed by atoms with van der Waals surface area (Å²) in [6.07, 6.45) is 0. The van der Waals surface area contributed by atoms with Gasteiger partial charge in [0.25, 0.3) is 0 Å². The molecule has 0 fully saturated rings. The highest BCUT2D eigenvalue weighted by atomic mass is 16.3. The molecule has 0 saturated carbocycles. The molecule has 55 heavy (non-hydrogen) atoms. The summed E-state index contributed by atoms with van der Waals surface area (Å²) in [5.74, 6) is 0. The van der Waals surface area contributed by atoms with Gasteiger partial charge in [-0.05, 0) is 105 Å². The largest absolute Gasteiger partial charge is 0.456 e. The third kappa shape index (κ3) is 5.20. The first kappa shape index (κ1) is 31.2. The minimum Gasteiger partial charge on any atom is -0.456 e. The van der Waals surface area contributed by atoms with E-state index in [1.807, 2.05) is 12.1 Å². The third-order valence-corrected chi connectivity index (χ3v) is 10.8. The highest BCUT2D eigenvalue weighted by molar-refractivity contribution is 6.22. The summed E-state index contributed by atoms with van der Waals surface area (Å²) in [4.78, 5) is 2.36. The topological polar surface area (TPSA) is 29.5 Å². The lowest BCUT2D eigenvalue weighted by Crippen LogP contribution is -2.10. The van der Waals surface area contributed by atoms with Crippen molar-refractivity contribution < 1.29 is 8.83 Å². The fourth-order valence-electron chi connectivity index (χ4n) is 8.29. The summed E-state index contributed by atoms with van der Waals surface area (Å²) in [5.41, 5.74) is 13.7. The number of fused-ring (bicyclic) bond motifs is 8. The minimum atomic E-state index is 0.857. The van der Waals surface area contributed by atoms with E-state index >= 15 is 0 Å². The lowest BCUT2D eigenvalue weighted by Gasteiger charge is -2.26. The Morgan fingerprint density at radius 3 is 1.71 bits per heavy atom. The molecule has 3 heteroatoms. The number of anilines is 3. The molecular weight excluding hydrogens is 671 g/mol. The van der Waals surface area contributed by atoms with Crippen molar-refractivity contribution in [1.82, 2.24) is 0 Å². The van der Waals surface area contributed by atoms with Gasteiger partial charge in [0.1, 0.15) is 22.3 Å². The highest BCUT2D eigenvalue weighted by Crippen LogP contribution is 2.46. The Hall–Kier alpha value is -7.36. The van der Waals surface area contributed by atoms with Crippen LogP contribution in [0.3, 0.4) is 0 Å². The van der Waals surface area contributed by atoms with E-state index in [-0.39, 0.29) is 0 Å². The molecule has 0 radical (unpaired) electrons. The fraction of sp³-hybridized carbons (Fsp3) is 0. The Bertz CT molecular complexity index is 3210. The molecule has 0 aliphatic rings. The van der Waals surface area contributed by atoms with Crippen LogP contribution in [0.4, 0.5) is 17.1 Å².